The lowest BCUT2D eigenvalue weighted by molar-refractivity contribution is -0.138. The quantitative estimate of drug-likeness (QED) is 0.655. The van der Waals surface area contributed by atoms with Gasteiger partial charge in [-0.2, -0.15) is 4.98 Å². The molecule has 3 heterocycles. The third kappa shape index (κ3) is 4.25. The van der Waals surface area contributed by atoms with Crippen LogP contribution in [-0.2, 0) is 4.79 Å². The number of nitrogens with one attached hydrogen (secondary N) is 1. The van der Waals surface area contributed by atoms with Crippen molar-refractivity contribution in [2.75, 3.05) is 32.8 Å². The normalized spacial score (nSPS) is 26.3. The number of urea groups is 1. The molecule has 5 rings (SSSR count). The summed E-state index contributed by atoms with van der Waals surface area (Å²) in [6.45, 7) is 11.8. The van der Waals surface area contributed by atoms with E-state index in [0.717, 1.165) is 51.0 Å². The Labute approximate surface area is 206 Å². The first-order valence-electron chi connectivity index (χ1n) is 12.8. The largest absolute Gasteiger partial charge is 0.337 e. The van der Waals surface area contributed by atoms with Crippen molar-refractivity contribution in [3.05, 3.63) is 35.7 Å². The predicted molar refractivity (Wildman–Crippen MR) is 131 cm³/mol. The number of hydrogen-bond donors (Lipinski definition) is 1. The van der Waals surface area contributed by atoms with Gasteiger partial charge in [-0.25, -0.2) is 9.69 Å². The van der Waals surface area contributed by atoms with Crippen LogP contribution in [0.4, 0.5) is 4.79 Å². The van der Waals surface area contributed by atoms with Gasteiger partial charge in [0.25, 0.3) is 5.91 Å². The number of nitrogens with zero attached hydrogens (tertiary/aromatic N) is 5. The Morgan fingerprint density at radius 3 is 2.40 bits per heavy atom. The van der Waals surface area contributed by atoms with Gasteiger partial charge >= 0.3 is 6.03 Å². The summed E-state index contributed by atoms with van der Waals surface area (Å²) < 4.78 is 5.59. The van der Waals surface area contributed by atoms with Crippen molar-refractivity contribution in [2.45, 2.75) is 58.5 Å². The minimum absolute atomic E-state index is 0.00669. The van der Waals surface area contributed by atoms with Gasteiger partial charge in [0.1, 0.15) is 5.54 Å². The van der Waals surface area contributed by atoms with E-state index < -0.39 is 5.54 Å². The van der Waals surface area contributed by atoms with Gasteiger partial charge in [0.05, 0.1) is 12.7 Å². The smallest absolute Gasteiger partial charge is 0.326 e. The van der Waals surface area contributed by atoms with Crippen molar-refractivity contribution < 1.29 is 14.1 Å². The number of aryl methyl sites for hydroxylation is 1. The average Bonchev–Trinajstić information content (AvgIpc) is 3.43. The molecule has 1 N–H and O–H groups in total. The summed E-state index contributed by atoms with van der Waals surface area (Å²) in [7, 11) is 0. The van der Waals surface area contributed by atoms with Gasteiger partial charge in [-0.1, -0.05) is 55.3 Å². The topological polar surface area (TPSA) is 94.8 Å². The Bertz CT molecular complexity index is 1070. The van der Waals surface area contributed by atoms with Crippen molar-refractivity contribution in [3.8, 4) is 11.4 Å². The van der Waals surface area contributed by atoms with Gasteiger partial charge in [0, 0.05) is 31.7 Å². The molecule has 1 saturated carbocycles. The summed E-state index contributed by atoms with van der Waals surface area (Å²) >= 11 is 0. The zero-order chi connectivity index (χ0) is 24.7. The van der Waals surface area contributed by atoms with Crippen LogP contribution in [-0.4, -0.2) is 75.2 Å². The summed E-state index contributed by atoms with van der Waals surface area (Å²) in [4.78, 5) is 36.9. The summed E-state index contributed by atoms with van der Waals surface area (Å²) in [5, 5.41) is 7.27. The highest BCUT2D eigenvalue weighted by Crippen LogP contribution is 2.42. The highest BCUT2D eigenvalue weighted by molar-refractivity contribution is 6.07. The summed E-state index contributed by atoms with van der Waals surface area (Å²) in [6.07, 6.45) is 3.06. The van der Waals surface area contributed by atoms with Crippen LogP contribution >= 0.6 is 0 Å². The average molecular weight is 481 g/mol. The first-order valence-corrected chi connectivity index (χ1v) is 12.8. The Kier molecular flexibility index (Phi) is 6.40. The molecular formula is C26H36N6O3. The minimum atomic E-state index is -0.737. The van der Waals surface area contributed by atoms with Gasteiger partial charge in [-0.05, 0) is 38.5 Å². The van der Waals surface area contributed by atoms with E-state index in [1.54, 1.807) is 0 Å². The zero-order valence-corrected chi connectivity index (χ0v) is 21.2. The lowest BCUT2D eigenvalue weighted by Crippen LogP contribution is -2.59. The molecule has 0 radical (unpaired) electrons. The van der Waals surface area contributed by atoms with Gasteiger partial charge in [0.2, 0.25) is 11.7 Å². The van der Waals surface area contributed by atoms with Gasteiger partial charge in [0.15, 0.2) is 0 Å². The molecule has 2 aliphatic heterocycles. The van der Waals surface area contributed by atoms with E-state index in [-0.39, 0.29) is 29.8 Å². The standard InChI is InChI=1S/C26H36N6O3/c1-17-8-10-21(11-9-17)22-27-23(35-29-22)20(4)31-14-12-30(13-15-31)16-32-24(33)26(28-25(32)34)18(2)6-5-7-19(26)3/h8-11,18-20H,5-7,12-16H2,1-4H3,(H,28,34)/t18-,19-,20+/m1/s1. The van der Waals surface area contributed by atoms with Crippen LogP contribution in [0.5, 0.6) is 0 Å². The molecule has 2 aromatic rings. The number of carbonyl (C=O) groups excluding carboxylic acids is 2. The lowest BCUT2D eigenvalue weighted by Gasteiger charge is -2.42. The summed E-state index contributed by atoms with van der Waals surface area (Å²) in [6, 6.07) is 7.83. The first kappa shape index (κ1) is 23.9. The molecule has 2 saturated heterocycles. The van der Waals surface area contributed by atoms with Crippen LogP contribution in [0.3, 0.4) is 0 Å². The van der Waals surface area contributed by atoms with E-state index in [4.69, 9.17) is 4.52 Å². The number of hydrogen-bond acceptors (Lipinski definition) is 7. The lowest BCUT2D eigenvalue weighted by atomic mass is 9.67. The van der Waals surface area contributed by atoms with Crippen LogP contribution < -0.4 is 5.32 Å². The Hall–Kier alpha value is -2.78. The maximum atomic E-state index is 13.5. The number of imide groups is 1. The van der Waals surface area contributed by atoms with Crippen LogP contribution in [0, 0.1) is 18.8 Å². The van der Waals surface area contributed by atoms with Crippen molar-refractivity contribution in [2.24, 2.45) is 11.8 Å². The van der Waals surface area contributed by atoms with Crippen LogP contribution in [0.25, 0.3) is 11.4 Å². The number of rotatable bonds is 5. The van der Waals surface area contributed by atoms with Crippen LogP contribution in [0.2, 0.25) is 0 Å². The molecule has 3 fully saturated rings. The molecule has 1 aromatic heterocycles. The molecule has 188 valence electrons. The monoisotopic (exact) mass is 480 g/mol. The molecule has 35 heavy (non-hydrogen) atoms. The highest BCUT2D eigenvalue weighted by atomic mass is 16.5. The molecule has 1 aromatic carbocycles. The summed E-state index contributed by atoms with van der Waals surface area (Å²) in [5.41, 5.74) is 1.39. The minimum Gasteiger partial charge on any atom is -0.337 e. The molecule has 1 aliphatic carbocycles. The van der Waals surface area contributed by atoms with E-state index >= 15 is 0 Å². The van der Waals surface area contributed by atoms with E-state index in [1.165, 1.54) is 10.5 Å². The zero-order valence-electron chi connectivity index (χ0n) is 21.2. The van der Waals surface area contributed by atoms with Crippen molar-refractivity contribution in [1.82, 2.24) is 30.2 Å². The Morgan fingerprint density at radius 2 is 1.74 bits per heavy atom. The second-order valence-corrected chi connectivity index (χ2v) is 10.6. The van der Waals surface area contributed by atoms with Gasteiger partial charge in [-0.3, -0.25) is 14.6 Å². The molecular weight excluding hydrogens is 444 g/mol. The molecule has 9 heteroatoms. The van der Waals surface area contributed by atoms with Crippen LogP contribution in [0.1, 0.15) is 57.5 Å². The maximum absolute atomic E-state index is 13.5. The van der Waals surface area contributed by atoms with E-state index in [1.807, 2.05) is 31.2 Å². The van der Waals surface area contributed by atoms with Crippen molar-refractivity contribution >= 4 is 11.9 Å². The molecule has 9 nitrogen and oxygen atoms in total. The molecule has 3 amide bonds. The fourth-order valence-electron chi connectivity index (χ4n) is 5.95. The number of benzene rings is 1. The molecule has 0 bridgehead atoms. The highest BCUT2D eigenvalue weighted by Gasteiger charge is 2.58. The van der Waals surface area contributed by atoms with E-state index in [9.17, 15) is 9.59 Å². The third-order valence-corrected chi connectivity index (χ3v) is 8.39. The number of aromatic nitrogens is 2. The van der Waals surface area contributed by atoms with E-state index in [2.05, 4.69) is 46.0 Å². The second-order valence-electron chi connectivity index (χ2n) is 10.6. The second kappa shape index (κ2) is 9.35. The SMILES string of the molecule is Cc1ccc(-c2noc([C@H](C)N3CCN(CN4C(=O)NC5(C4=O)[C@H](C)CCC[C@H]5C)CC3)n2)cc1. The Morgan fingerprint density at radius 1 is 1.09 bits per heavy atom. The predicted octanol–water partition coefficient (Wildman–Crippen LogP) is 3.43. The maximum Gasteiger partial charge on any atom is 0.326 e. The van der Waals surface area contributed by atoms with Crippen molar-refractivity contribution in [1.29, 1.82) is 0 Å². The fourth-order valence-corrected chi connectivity index (χ4v) is 5.95. The summed E-state index contributed by atoms with van der Waals surface area (Å²) in [5.74, 6) is 1.47. The first-order chi connectivity index (χ1) is 16.8. The molecule has 0 unspecified atom stereocenters. The molecule has 3 atom stereocenters. The number of amides is 3. The van der Waals surface area contributed by atoms with Gasteiger partial charge < -0.3 is 9.84 Å². The van der Waals surface area contributed by atoms with Gasteiger partial charge in [-0.15, -0.1) is 0 Å². The van der Waals surface area contributed by atoms with E-state index in [0.29, 0.717) is 18.4 Å². The van der Waals surface area contributed by atoms with Crippen LogP contribution in [0.15, 0.2) is 28.8 Å². The fraction of sp³-hybridized carbons (Fsp3) is 0.615. The molecule has 3 aliphatic rings. The third-order valence-electron chi connectivity index (χ3n) is 8.39. The Balaban J connectivity index is 1.18. The molecule has 1 spiro atoms. The number of carbonyl (C=O) groups is 2. The number of piperazine rings is 1. The van der Waals surface area contributed by atoms with Crippen molar-refractivity contribution in [3.63, 3.8) is 0 Å².